The summed E-state index contributed by atoms with van der Waals surface area (Å²) in [7, 11) is 0. The number of alkyl halides is 3. The number of halogens is 3. The summed E-state index contributed by atoms with van der Waals surface area (Å²) in [4.78, 5) is 4.62. The van der Waals surface area contributed by atoms with Crippen LogP contribution in [0.15, 0.2) is 48.5 Å². The van der Waals surface area contributed by atoms with Gasteiger partial charge in [0.2, 0.25) is 0 Å². The van der Waals surface area contributed by atoms with Crippen molar-refractivity contribution in [1.29, 1.82) is 5.26 Å². The Morgan fingerprint density at radius 1 is 1.00 bits per heavy atom. The first kappa shape index (κ1) is 20.7. The van der Waals surface area contributed by atoms with Gasteiger partial charge in [0.15, 0.2) is 0 Å². The molecule has 1 atom stereocenters. The number of hydrogen-bond acceptors (Lipinski definition) is 3. The zero-order chi connectivity index (χ0) is 21.1. The van der Waals surface area contributed by atoms with Crippen molar-refractivity contribution < 1.29 is 13.2 Å². The van der Waals surface area contributed by atoms with Crippen LogP contribution in [0.3, 0.4) is 0 Å². The first-order valence-electron chi connectivity index (χ1n) is 10.6. The van der Waals surface area contributed by atoms with Crippen LogP contribution in [0.4, 0.5) is 18.9 Å². The Morgan fingerprint density at radius 2 is 1.70 bits per heavy atom. The first-order valence-corrected chi connectivity index (χ1v) is 10.6. The minimum atomic E-state index is -4.38. The molecular weight excluding hydrogens is 387 g/mol. The van der Waals surface area contributed by atoms with Crippen molar-refractivity contribution >= 4 is 5.69 Å². The third-order valence-electron chi connectivity index (χ3n) is 6.47. The van der Waals surface area contributed by atoms with Gasteiger partial charge in [0.25, 0.3) is 0 Å². The molecule has 2 fully saturated rings. The fourth-order valence-electron chi connectivity index (χ4n) is 4.90. The second kappa shape index (κ2) is 8.69. The molecule has 0 unspecified atom stereocenters. The van der Waals surface area contributed by atoms with Gasteiger partial charge in [-0.05, 0) is 55.2 Å². The molecule has 1 aliphatic carbocycles. The molecule has 3 nitrogen and oxygen atoms in total. The summed E-state index contributed by atoms with van der Waals surface area (Å²) >= 11 is 0. The maximum absolute atomic E-state index is 13.6. The summed E-state index contributed by atoms with van der Waals surface area (Å²) in [5.41, 5.74) is 1.13. The Kier molecular flexibility index (Phi) is 6.01. The molecule has 0 aromatic heterocycles. The van der Waals surface area contributed by atoms with Gasteiger partial charge >= 0.3 is 6.18 Å². The second-order valence-electron chi connectivity index (χ2n) is 8.32. The standard InChI is InChI=1S/C24H26F3N3/c25-24(26,27)23-8-4-1-5-19(23)16-30(21-11-9-18(15-28)10-12-21)22-13-14-29(17-22)20-6-2-3-7-20/h1,4-5,8-12,20,22H,2-3,6-7,13-14,16-17H2/t22-/m0/s1. The Bertz CT molecular complexity index is 895. The van der Waals surface area contributed by atoms with Crippen LogP contribution in [0.1, 0.15) is 48.8 Å². The molecule has 6 heteroatoms. The molecule has 0 bridgehead atoms. The highest BCUT2D eigenvalue weighted by atomic mass is 19.4. The van der Waals surface area contributed by atoms with Crippen LogP contribution in [-0.2, 0) is 12.7 Å². The van der Waals surface area contributed by atoms with Crippen LogP contribution >= 0.6 is 0 Å². The molecule has 4 rings (SSSR count). The monoisotopic (exact) mass is 413 g/mol. The molecule has 30 heavy (non-hydrogen) atoms. The van der Waals surface area contributed by atoms with Gasteiger partial charge in [0.05, 0.1) is 17.2 Å². The SMILES string of the molecule is N#Cc1ccc(N(Cc2ccccc2C(F)(F)F)[C@H]2CCN(C3CCCC3)C2)cc1. The fourth-order valence-corrected chi connectivity index (χ4v) is 4.90. The minimum Gasteiger partial charge on any atom is -0.363 e. The van der Waals surface area contributed by atoms with Crippen LogP contribution in [0.2, 0.25) is 0 Å². The molecule has 2 aromatic rings. The largest absolute Gasteiger partial charge is 0.416 e. The number of anilines is 1. The van der Waals surface area contributed by atoms with Crippen molar-refractivity contribution in [2.24, 2.45) is 0 Å². The summed E-state index contributed by atoms with van der Waals surface area (Å²) in [5.74, 6) is 0. The van der Waals surface area contributed by atoms with Crippen LogP contribution in [0, 0.1) is 11.3 Å². The van der Waals surface area contributed by atoms with E-state index in [1.54, 1.807) is 24.3 Å². The van der Waals surface area contributed by atoms with Gasteiger partial charge in [-0.2, -0.15) is 18.4 Å². The normalized spacial score (nSPS) is 20.4. The molecule has 158 valence electrons. The van der Waals surface area contributed by atoms with E-state index in [1.807, 2.05) is 12.1 Å². The molecule has 0 N–H and O–H groups in total. The summed E-state index contributed by atoms with van der Waals surface area (Å²) < 4.78 is 40.7. The molecule has 0 spiro atoms. The lowest BCUT2D eigenvalue weighted by Crippen LogP contribution is -2.39. The van der Waals surface area contributed by atoms with E-state index in [1.165, 1.54) is 31.7 Å². The van der Waals surface area contributed by atoms with Gasteiger partial charge in [-0.25, -0.2) is 0 Å². The highest BCUT2D eigenvalue weighted by Crippen LogP contribution is 2.35. The average molecular weight is 413 g/mol. The number of likely N-dealkylation sites (tertiary alicyclic amines) is 1. The predicted octanol–water partition coefficient (Wildman–Crippen LogP) is 5.60. The van der Waals surface area contributed by atoms with E-state index in [0.717, 1.165) is 31.3 Å². The van der Waals surface area contributed by atoms with E-state index in [2.05, 4.69) is 15.9 Å². The predicted molar refractivity (Wildman–Crippen MR) is 111 cm³/mol. The van der Waals surface area contributed by atoms with Gasteiger partial charge in [-0.1, -0.05) is 31.0 Å². The maximum Gasteiger partial charge on any atom is 0.416 e. The Balaban J connectivity index is 1.62. The van der Waals surface area contributed by atoms with E-state index >= 15 is 0 Å². The number of hydrogen-bond donors (Lipinski definition) is 0. The third-order valence-corrected chi connectivity index (χ3v) is 6.47. The fraction of sp³-hybridized carbons (Fsp3) is 0.458. The van der Waals surface area contributed by atoms with Gasteiger partial charge in [0.1, 0.15) is 0 Å². The first-order chi connectivity index (χ1) is 14.5. The van der Waals surface area contributed by atoms with Gasteiger partial charge in [0, 0.05) is 37.4 Å². The Labute approximate surface area is 175 Å². The van der Waals surface area contributed by atoms with E-state index in [4.69, 9.17) is 5.26 Å². The topological polar surface area (TPSA) is 30.3 Å². The molecule has 1 aliphatic heterocycles. The second-order valence-corrected chi connectivity index (χ2v) is 8.32. The smallest absolute Gasteiger partial charge is 0.363 e. The third kappa shape index (κ3) is 4.46. The Hall–Kier alpha value is -2.52. The van der Waals surface area contributed by atoms with Crippen molar-refractivity contribution in [3.63, 3.8) is 0 Å². The zero-order valence-corrected chi connectivity index (χ0v) is 16.9. The number of nitrogens with zero attached hydrogens (tertiary/aromatic N) is 3. The lowest BCUT2D eigenvalue weighted by atomic mass is 10.0. The van der Waals surface area contributed by atoms with Crippen LogP contribution in [-0.4, -0.2) is 30.1 Å². The number of nitriles is 1. The molecular formula is C24H26F3N3. The summed E-state index contributed by atoms with van der Waals surface area (Å²) in [6.45, 7) is 2.06. The summed E-state index contributed by atoms with van der Waals surface area (Å²) in [6, 6.07) is 15.9. The van der Waals surface area contributed by atoms with Crippen molar-refractivity contribution in [3.8, 4) is 6.07 Å². The molecule has 2 aliphatic rings. The highest BCUT2D eigenvalue weighted by molar-refractivity contribution is 5.52. The zero-order valence-electron chi connectivity index (χ0n) is 16.9. The van der Waals surface area contributed by atoms with E-state index in [9.17, 15) is 13.2 Å². The molecule has 1 saturated heterocycles. The van der Waals surface area contributed by atoms with Crippen molar-refractivity contribution in [3.05, 3.63) is 65.2 Å². The summed E-state index contributed by atoms with van der Waals surface area (Å²) in [5, 5.41) is 9.10. The Morgan fingerprint density at radius 3 is 2.37 bits per heavy atom. The number of rotatable bonds is 5. The molecule has 2 aromatic carbocycles. The van der Waals surface area contributed by atoms with E-state index in [0.29, 0.717) is 11.6 Å². The van der Waals surface area contributed by atoms with E-state index < -0.39 is 11.7 Å². The van der Waals surface area contributed by atoms with Crippen molar-refractivity contribution in [2.75, 3.05) is 18.0 Å². The lowest BCUT2D eigenvalue weighted by Gasteiger charge is -2.33. The number of benzene rings is 2. The summed E-state index contributed by atoms with van der Waals surface area (Å²) in [6.07, 6.45) is 1.54. The molecule has 0 amide bonds. The van der Waals surface area contributed by atoms with Crippen LogP contribution in [0.5, 0.6) is 0 Å². The van der Waals surface area contributed by atoms with E-state index in [-0.39, 0.29) is 18.2 Å². The molecule has 0 radical (unpaired) electrons. The maximum atomic E-state index is 13.6. The van der Waals surface area contributed by atoms with Crippen LogP contribution < -0.4 is 4.90 Å². The highest BCUT2D eigenvalue weighted by Gasteiger charge is 2.36. The average Bonchev–Trinajstić information content (AvgIpc) is 3.43. The quantitative estimate of drug-likeness (QED) is 0.639. The van der Waals surface area contributed by atoms with Crippen molar-refractivity contribution in [2.45, 2.75) is 56.9 Å². The molecule has 1 heterocycles. The van der Waals surface area contributed by atoms with Crippen LogP contribution in [0.25, 0.3) is 0 Å². The molecule has 1 saturated carbocycles. The van der Waals surface area contributed by atoms with Gasteiger partial charge in [-0.3, -0.25) is 4.90 Å². The van der Waals surface area contributed by atoms with Gasteiger partial charge in [-0.15, -0.1) is 0 Å². The van der Waals surface area contributed by atoms with Crippen molar-refractivity contribution in [1.82, 2.24) is 4.90 Å². The lowest BCUT2D eigenvalue weighted by molar-refractivity contribution is -0.138. The minimum absolute atomic E-state index is 0.153. The van der Waals surface area contributed by atoms with Gasteiger partial charge < -0.3 is 4.90 Å².